The van der Waals surface area contributed by atoms with E-state index in [1.165, 1.54) is 0 Å². The Kier molecular flexibility index (Phi) is 4.15. The topological polar surface area (TPSA) is 60.7 Å². The van der Waals surface area contributed by atoms with Gasteiger partial charge in [0.1, 0.15) is 0 Å². The lowest BCUT2D eigenvalue weighted by atomic mass is 10.1. The molecule has 2 heterocycles. The van der Waals surface area contributed by atoms with E-state index in [2.05, 4.69) is 21.2 Å². The molecule has 0 radical (unpaired) electrons. The molecule has 3 rings (SSSR count). The molecule has 0 atom stereocenters. The molecule has 1 aliphatic rings. The van der Waals surface area contributed by atoms with Crippen molar-refractivity contribution >= 4 is 21.8 Å². The molecule has 5 nitrogen and oxygen atoms in total. The summed E-state index contributed by atoms with van der Waals surface area (Å²) in [6.07, 6.45) is 1.70. The van der Waals surface area contributed by atoms with Gasteiger partial charge in [-0.25, -0.2) is 0 Å². The summed E-state index contributed by atoms with van der Waals surface area (Å²) in [4.78, 5) is 11.8. The number of halogens is 1. The Morgan fingerprint density at radius 2 is 2.05 bits per heavy atom. The van der Waals surface area contributed by atoms with Gasteiger partial charge in [0.25, 0.3) is 5.91 Å². The monoisotopic (exact) mass is 351 g/mol. The number of furan rings is 1. The summed E-state index contributed by atoms with van der Waals surface area (Å²) in [5.41, 5.74) is 1.16. The van der Waals surface area contributed by atoms with Gasteiger partial charge in [0.2, 0.25) is 6.79 Å². The van der Waals surface area contributed by atoms with Gasteiger partial charge in [-0.05, 0) is 58.6 Å². The van der Waals surface area contributed by atoms with Crippen LogP contribution in [-0.2, 0) is 6.42 Å². The van der Waals surface area contributed by atoms with Gasteiger partial charge in [0, 0.05) is 6.54 Å². The number of carbonyl (C=O) groups is 1. The fourth-order valence-electron chi connectivity index (χ4n) is 2.11. The predicted octanol–water partition coefficient (Wildman–Crippen LogP) is 3.13. The lowest BCUT2D eigenvalue weighted by molar-refractivity contribution is 0.0924. The lowest BCUT2D eigenvalue weighted by Gasteiger charge is -2.04. The SMILES string of the molecule is O=C(NCCCc1ccc2c(c1)OCO2)c1ccc(Br)o1. The number of hydrogen-bond donors (Lipinski definition) is 1. The first-order valence-corrected chi connectivity index (χ1v) is 7.44. The minimum absolute atomic E-state index is 0.202. The number of fused-ring (bicyclic) bond motifs is 1. The summed E-state index contributed by atoms with van der Waals surface area (Å²) in [7, 11) is 0. The van der Waals surface area contributed by atoms with Crippen molar-refractivity contribution in [2.75, 3.05) is 13.3 Å². The molecule has 0 fully saturated rings. The smallest absolute Gasteiger partial charge is 0.287 e. The maximum absolute atomic E-state index is 11.8. The number of benzene rings is 1. The third-order valence-corrected chi connectivity index (χ3v) is 3.59. The molecular weight excluding hydrogens is 338 g/mol. The molecule has 2 aromatic rings. The minimum Gasteiger partial charge on any atom is -0.454 e. The zero-order valence-electron chi connectivity index (χ0n) is 11.2. The Morgan fingerprint density at radius 3 is 2.86 bits per heavy atom. The summed E-state index contributed by atoms with van der Waals surface area (Å²) in [6.45, 7) is 0.874. The largest absolute Gasteiger partial charge is 0.454 e. The average molecular weight is 352 g/mol. The van der Waals surface area contributed by atoms with Gasteiger partial charge < -0.3 is 19.2 Å². The Hall–Kier alpha value is -1.95. The van der Waals surface area contributed by atoms with Crippen LogP contribution in [-0.4, -0.2) is 19.2 Å². The van der Waals surface area contributed by atoms with Gasteiger partial charge in [-0.1, -0.05) is 6.07 Å². The quantitative estimate of drug-likeness (QED) is 0.840. The third-order valence-electron chi connectivity index (χ3n) is 3.16. The van der Waals surface area contributed by atoms with Crippen molar-refractivity contribution in [3.8, 4) is 11.5 Å². The highest BCUT2D eigenvalue weighted by Gasteiger charge is 2.13. The molecule has 0 spiro atoms. The number of ether oxygens (including phenoxy) is 2. The van der Waals surface area contributed by atoms with E-state index in [0.717, 1.165) is 29.9 Å². The molecule has 6 heteroatoms. The number of hydrogen-bond acceptors (Lipinski definition) is 4. The van der Waals surface area contributed by atoms with Crippen LogP contribution in [0.15, 0.2) is 39.4 Å². The van der Waals surface area contributed by atoms with Crippen molar-refractivity contribution in [3.63, 3.8) is 0 Å². The molecule has 1 N–H and O–H groups in total. The van der Waals surface area contributed by atoms with Crippen LogP contribution in [0.5, 0.6) is 11.5 Å². The molecule has 1 aromatic heterocycles. The Labute approximate surface area is 130 Å². The normalized spacial score (nSPS) is 12.4. The second-order valence-electron chi connectivity index (χ2n) is 4.65. The highest BCUT2D eigenvalue weighted by Crippen LogP contribution is 2.32. The molecule has 0 saturated carbocycles. The number of nitrogens with one attached hydrogen (secondary N) is 1. The number of rotatable bonds is 5. The highest BCUT2D eigenvalue weighted by molar-refractivity contribution is 9.10. The Morgan fingerprint density at radius 1 is 1.19 bits per heavy atom. The van der Waals surface area contributed by atoms with Crippen LogP contribution < -0.4 is 14.8 Å². The van der Waals surface area contributed by atoms with Gasteiger partial charge in [-0.15, -0.1) is 0 Å². The first-order valence-electron chi connectivity index (χ1n) is 6.64. The first-order chi connectivity index (χ1) is 10.2. The van der Waals surface area contributed by atoms with Gasteiger partial charge in [0.05, 0.1) is 0 Å². The zero-order valence-corrected chi connectivity index (χ0v) is 12.8. The van der Waals surface area contributed by atoms with Crippen LogP contribution in [0.25, 0.3) is 0 Å². The molecule has 0 unspecified atom stereocenters. The van der Waals surface area contributed by atoms with Gasteiger partial charge >= 0.3 is 0 Å². The van der Waals surface area contributed by atoms with Crippen molar-refractivity contribution in [3.05, 3.63) is 46.3 Å². The first kappa shape index (κ1) is 14.0. The van der Waals surface area contributed by atoms with E-state index in [9.17, 15) is 4.79 Å². The van der Waals surface area contributed by atoms with Crippen molar-refractivity contribution < 1.29 is 18.7 Å². The van der Waals surface area contributed by atoms with E-state index in [1.54, 1.807) is 12.1 Å². The fourth-order valence-corrected chi connectivity index (χ4v) is 2.42. The molecule has 0 aliphatic carbocycles. The predicted molar refractivity (Wildman–Crippen MR) is 79.6 cm³/mol. The molecule has 0 bridgehead atoms. The highest BCUT2D eigenvalue weighted by atomic mass is 79.9. The van der Waals surface area contributed by atoms with Crippen molar-refractivity contribution in [1.29, 1.82) is 0 Å². The van der Waals surface area contributed by atoms with E-state index in [0.29, 0.717) is 17.0 Å². The van der Waals surface area contributed by atoms with Crippen LogP contribution in [0.2, 0.25) is 0 Å². The van der Waals surface area contributed by atoms with E-state index in [1.807, 2.05) is 18.2 Å². The number of amides is 1. The van der Waals surface area contributed by atoms with Gasteiger partial charge in [0.15, 0.2) is 21.9 Å². The lowest BCUT2D eigenvalue weighted by Crippen LogP contribution is -2.24. The standard InChI is InChI=1S/C15H14BrNO4/c16-14-6-5-12(21-14)15(18)17-7-1-2-10-3-4-11-13(8-10)20-9-19-11/h3-6,8H,1-2,7,9H2,(H,17,18). The van der Waals surface area contributed by atoms with Crippen molar-refractivity contribution in [2.45, 2.75) is 12.8 Å². The molecule has 110 valence electrons. The number of aryl methyl sites for hydroxylation is 1. The van der Waals surface area contributed by atoms with Crippen LogP contribution in [0.4, 0.5) is 0 Å². The summed E-state index contributed by atoms with van der Waals surface area (Å²) in [6, 6.07) is 9.24. The third kappa shape index (κ3) is 3.39. The van der Waals surface area contributed by atoms with E-state index in [-0.39, 0.29) is 12.7 Å². The van der Waals surface area contributed by atoms with E-state index in [4.69, 9.17) is 13.9 Å². The zero-order chi connectivity index (χ0) is 14.7. The average Bonchev–Trinajstić information content (AvgIpc) is 3.11. The second-order valence-corrected chi connectivity index (χ2v) is 5.43. The van der Waals surface area contributed by atoms with Crippen LogP contribution in [0.1, 0.15) is 22.5 Å². The summed E-state index contributed by atoms with van der Waals surface area (Å²) in [5.74, 6) is 1.68. The van der Waals surface area contributed by atoms with Crippen LogP contribution >= 0.6 is 15.9 Å². The van der Waals surface area contributed by atoms with E-state index >= 15 is 0 Å². The molecular formula is C15H14BrNO4. The maximum Gasteiger partial charge on any atom is 0.287 e. The summed E-state index contributed by atoms with van der Waals surface area (Å²) in [5, 5.41) is 2.83. The molecule has 1 aromatic carbocycles. The molecule has 1 amide bonds. The maximum atomic E-state index is 11.8. The minimum atomic E-state index is -0.202. The molecule has 1 aliphatic heterocycles. The van der Waals surface area contributed by atoms with Gasteiger partial charge in [-0.2, -0.15) is 0 Å². The Bertz CT molecular complexity index is 653. The van der Waals surface area contributed by atoms with Crippen molar-refractivity contribution in [1.82, 2.24) is 5.32 Å². The van der Waals surface area contributed by atoms with Crippen LogP contribution in [0.3, 0.4) is 0 Å². The number of carbonyl (C=O) groups excluding carboxylic acids is 1. The Balaban J connectivity index is 1.45. The summed E-state index contributed by atoms with van der Waals surface area (Å²) < 4.78 is 16.3. The second kappa shape index (κ2) is 6.22. The van der Waals surface area contributed by atoms with Crippen LogP contribution in [0, 0.1) is 0 Å². The molecule has 21 heavy (non-hydrogen) atoms. The van der Waals surface area contributed by atoms with E-state index < -0.39 is 0 Å². The summed E-state index contributed by atoms with van der Waals surface area (Å²) >= 11 is 3.17. The molecule has 0 saturated heterocycles. The fraction of sp³-hybridized carbons (Fsp3) is 0.267. The van der Waals surface area contributed by atoms with Gasteiger partial charge in [-0.3, -0.25) is 4.79 Å². The van der Waals surface area contributed by atoms with Crippen molar-refractivity contribution in [2.24, 2.45) is 0 Å².